The number of pyridine rings is 1. The van der Waals surface area contributed by atoms with Crippen molar-refractivity contribution in [3.05, 3.63) is 75.9 Å². The fourth-order valence-corrected chi connectivity index (χ4v) is 5.52. The molecule has 0 bridgehead atoms. The van der Waals surface area contributed by atoms with E-state index < -0.39 is 0 Å². The molecule has 36 heavy (non-hydrogen) atoms. The molecule has 1 atom stereocenters. The fourth-order valence-electron chi connectivity index (χ4n) is 4.29. The summed E-state index contributed by atoms with van der Waals surface area (Å²) in [6.07, 6.45) is 2.66. The van der Waals surface area contributed by atoms with E-state index in [2.05, 4.69) is 16.4 Å². The molecule has 0 aliphatic carbocycles. The zero-order valence-corrected chi connectivity index (χ0v) is 21.1. The van der Waals surface area contributed by atoms with Crippen LogP contribution in [0.15, 0.2) is 48.7 Å². The Kier molecular flexibility index (Phi) is 8.18. The molecule has 1 N–H and O–H groups in total. The van der Waals surface area contributed by atoms with Gasteiger partial charge in [-0.2, -0.15) is 5.26 Å². The molecule has 9 heteroatoms. The largest absolute Gasteiger partial charge is 0.496 e. The number of carbonyl (C=O) groups excluding carboxylic acids is 2. The molecule has 0 radical (unpaired) electrons. The molecule has 2 amide bonds. The van der Waals surface area contributed by atoms with E-state index in [9.17, 15) is 14.9 Å². The number of aromatic nitrogens is 1. The summed E-state index contributed by atoms with van der Waals surface area (Å²) >= 11 is 1.35. The van der Waals surface area contributed by atoms with E-state index in [0.717, 1.165) is 27.4 Å². The van der Waals surface area contributed by atoms with Crippen molar-refractivity contribution in [1.29, 1.82) is 5.26 Å². The van der Waals surface area contributed by atoms with Crippen LogP contribution in [0.5, 0.6) is 5.75 Å². The first-order valence-electron chi connectivity index (χ1n) is 11.8. The van der Waals surface area contributed by atoms with Crippen LogP contribution in [0.2, 0.25) is 0 Å². The van der Waals surface area contributed by atoms with Crippen LogP contribution in [0.3, 0.4) is 0 Å². The minimum absolute atomic E-state index is 0.0578. The third-order valence-electron chi connectivity index (χ3n) is 6.15. The first kappa shape index (κ1) is 25.2. The lowest BCUT2D eigenvalue weighted by atomic mass is 9.96. The van der Waals surface area contributed by atoms with Crippen LogP contribution in [-0.4, -0.2) is 42.1 Å². The monoisotopic (exact) mass is 504 g/mol. The quantitative estimate of drug-likeness (QED) is 0.468. The van der Waals surface area contributed by atoms with Crippen LogP contribution in [0.1, 0.15) is 46.5 Å². The fraction of sp³-hybridized carbons (Fsp3) is 0.333. The number of ether oxygens (including phenoxy) is 2. The molecule has 4 rings (SSSR count). The molecule has 0 fully saturated rings. The maximum Gasteiger partial charge on any atom is 0.410 e. The number of benzene rings is 1. The van der Waals surface area contributed by atoms with Crippen molar-refractivity contribution in [2.75, 3.05) is 25.6 Å². The van der Waals surface area contributed by atoms with Crippen LogP contribution in [0.4, 0.5) is 9.80 Å². The van der Waals surface area contributed by atoms with Gasteiger partial charge >= 0.3 is 6.09 Å². The van der Waals surface area contributed by atoms with E-state index in [0.29, 0.717) is 36.5 Å². The van der Waals surface area contributed by atoms with Crippen LogP contribution in [0.25, 0.3) is 0 Å². The van der Waals surface area contributed by atoms with Crippen LogP contribution >= 0.6 is 11.3 Å². The molecule has 3 aromatic rings. The van der Waals surface area contributed by atoms with Crippen molar-refractivity contribution < 1.29 is 19.1 Å². The predicted molar refractivity (Wildman–Crippen MR) is 137 cm³/mol. The number of methoxy groups -OCH3 is 1. The second-order valence-electron chi connectivity index (χ2n) is 8.57. The molecular weight excluding hydrogens is 476 g/mol. The number of nitrogens with zero attached hydrogens (tertiary/aromatic N) is 3. The highest BCUT2D eigenvalue weighted by Crippen LogP contribution is 2.37. The lowest BCUT2D eigenvalue weighted by Crippen LogP contribution is -2.36. The van der Waals surface area contributed by atoms with Crippen LogP contribution < -0.4 is 10.1 Å². The van der Waals surface area contributed by atoms with Gasteiger partial charge in [-0.15, -0.1) is 11.3 Å². The summed E-state index contributed by atoms with van der Waals surface area (Å²) in [4.78, 5) is 32.2. The third kappa shape index (κ3) is 5.83. The topological polar surface area (TPSA) is 105 Å². The Balaban J connectivity index is 1.36. The average molecular weight is 505 g/mol. The zero-order valence-electron chi connectivity index (χ0n) is 20.3. The summed E-state index contributed by atoms with van der Waals surface area (Å²) in [6.45, 7) is 3.03. The lowest BCUT2D eigenvalue weighted by molar-refractivity contribution is -0.116. The number of nitriles is 1. The van der Waals surface area contributed by atoms with Gasteiger partial charge in [-0.3, -0.25) is 9.78 Å². The van der Waals surface area contributed by atoms with E-state index in [1.807, 2.05) is 49.4 Å². The van der Waals surface area contributed by atoms with Crippen molar-refractivity contribution in [3.8, 4) is 11.8 Å². The van der Waals surface area contributed by atoms with Gasteiger partial charge in [0, 0.05) is 36.2 Å². The second-order valence-corrected chi connectivity index (χ2v) is 9.68. The number of fused-ring (bicyclic) bond motifs is 1. The summed E-state index contributed by atoms with van der Waals surface area (Å²) in [6, 6.07) is 15.5. The highest BCUT2D eigenvalue weighted by atomic mass is 32.1. The van der Waals surface area contributed by atoms with Crippen LogP contribution in [0, 0.1) is 11.3 Å². The summed E-state index contributed by atoms with van der Waals surface area (Å²) in [7, 11) is 1.61. The van der Waals surface area contributed by atoms with Gasteiger partial charge in [-0.25, -0.2) is 4.79 Å². The highest BCUT2D eigenvalue weighted by Gasteiger charge is 2.28. The van der Waals surface area contributed by atoms with Gasteiger partial charge in [0.25, 0.3) is 0 Å². The maximum atomic E-state index is 12.8. The molecule has 1 aliphatic rings. The van der Waals surface area contributed by atoms with E-state index in [-0.39, 0.29) is 30.9 Å². The second kappa shape index (κ2) is 11.7. The van der Waals surface area contributed by atoms with Gasteiger partial charge in [-0.05, 0) is 41.7 Å². The Morgan fingerprint density at radius 3 is 2.81 bits per heavy atom. The first-order valence-corrected chi connectivity index (χ1v) is 12.6. The Hall–Kier alpha value is -3.90. The van der Waals surface area contributed by atoms with Crippen molar-refractivity contribution in [1.82, 2.24) is 9.88 Å². The summed E-state index contributed by atoms with van der Waals surface area (Å²) < 4.78 is 10.9. The standard InChI is InChI=1S/C27H28N4O4S/c1-18(20-8-3-4-9-23(20)34-2)15-25(32)30-26-22(16-28)21-10-13-31(17-24(21)36-26)27(33)35-14-11-19-7-5-6-12-29-19/h3-9,12,18H,10-11,13-15,17H2,1-2H3,(H,30,32). The average Bonchev–Trinajstić information content (AvgIpc) is 3.24. The van der Waals surface area contributed by atoms with Crippen molar-refractivity contribution >= 4 is 28.3 Å². The van der Waals surface area contributed by atoms with E-state index in [1.165, 1.54) is 11.3 Å². The predicted octanol–water partition coefficient (Wildman–Crippen LogP) is 4.89. The molecule has 1 unspecified atom stereocenters. The number of nitrogens with one attached hydrogen (secondary N) is 1. The van der Waals surface area contributed by atoms with Gasteiger partial charge < -0.3 is 19.7 Å². The van der Waals surface area contributed by atoms with E-state index in [4.69, 9.17) is 9.47 Å². The minimum atomic E-state index is -0.389. The number of para-hydroxylation sites is 1. The zero-order chi connectivity index (χ0) is 25.5. The van der Waals surface area contributed by atoms with Crippen molar-refractivity contribution in [2.45, 2.75) is 38.6 Å². The van der Waals surface area contributed by atoms with Crippen LogP contribution in [-0.2, 0) is 28.9 Å². The molecule has 8 nitrogen and oxygen atoms in total. The number of hydrogen-bond donors (Lipinski definition) is 1. The van der Waals surface area contributed by atoms with Gasteiger partial charge in [0.1, 0.15) is 16.8 Å². The van der Waals surface area contributed by atoms with Gasteiger partial charge in [0.15, 0.2) is 0 Å². The number of amides is 2. The van der Waals surface area contributed by atoms with Gasteiger partial charge in [-0.1, -0.05) is 31.2 Å². The maximum absolute atomic E-state index is 12.8. The minimum Gasteiger partial charge on any atom is -0.496 e. The Labute approximate surface area is 214 Å². The highest BCUT2D eigenvalue weighted by molar-refractivity contribution is 7.16. The Morgan fingerprint density at radius 1 is 1.25 bits per heavy atom. The molecule has 2 aromatic heterocycles. The summed E-state index contributed by atoms with van der Waals surface area (Å²) in [5.74, 6) is 0.515. The van der Waals surface area contributed by atoms with Gasteiger partial charge in [0.05, 0.1) is 25.8 Å². The van der Waals surface area contributed by atoms with E-state index >= 15 is 0 Å². The number of carbonyl (C=O) groups is 2. The molecule has 0 saturated carbocycles. The lowest BCUT2D eigenvalue weighted by Gasteiger charge is -2.26. The Morgan fingerprint density at radius 2 is 2.06 bits per heavy atom. The SMILES string of the molecule is COc1ccccc1C(C)CC(=O)Nc1sc2c(c1C#N)CCN(C(=O)OCCc1ccccn1)C2. The molecule has 0 spiro atoms. The number of hydrogen-bond acceptors (Lipinski definition) is 7. The third-order valence-corrected chi connectivity index (χ3v) is 7.28. The molecule has 1 aliphatic heterocycles. The van der Waals surface area contributed by atoms with E-state index in [1.54, 1.807) is 18.2 Å². The summed E-state index contributed by atoms with van der Waals surface area (Å²) in [5, 5.41) is 13.2. The smallest absolute Gasteiger partial charge is 0.410 e. The van der Waals surface area contributed by atoms with Gasteiger partial charge in [0.2, 0.25) is 5.91 Å². The van der Waals surface area contributed by atoms with Crippen molar-refractivity contribution in [2.24, 2.45) is 0 Å². The van der Waals surface area contributed by atoms with Crippen molar-refractivity contribution in [3.63, 3.8) is 0 Å². The number of thiophene rings is 1. The molecule has 186 valence electrons. The normalized spacial score (nSPS) is 13.3. The molecule has 1 aromatic carbocycles. The number of anilines is 1. The molecule has 3 heterocycles. The molecule has 0 saturated heterocycles. The Bertz CT molecular complexity index is 1270. The summed E-state index contributed by atoms with van der Waals surface area (Å²) in [5.41, 5.74) is 3.20. The first-order chi connectivity index (χ1) is 17.5. The number of rotatable bonds is 8. The molecular formula is C27H28N4O4S.